The average molecular weight is 322 g/mol. The summed E-state index contributed by atoms with van der Waals surface area (Å²) in [7, 11) is 0. The van der Waals surface area contributed by atoms with Crippen LogP contribution in [0.4, 0.5) is 32.2 Å². The third-order valence-corrected chi connectivity index (χ3v) is 2.35. The molecule has 0 radical (unpaired) electrons. The molecule has 114 valence electrons. The Hall–Kier alpha value is -1.25. The molecule has 0 amide bonds. The molecule has 0 saturated carbocycles. The second kappa shape index (κ2) is 6.47. The van der Waals surface area contributed by atoms with Crippen LogP contribution in [0.25, 0.3) is 0 Å². The van der Waals surface area contributed by atoms with Gasteiger partial charge in [0, 0.05) is 19.0 Å². The van der Waals surface area contributed by atoms with E-state index in [0.717, 1.165) is 0 Å². The molecule has 0 saturated heterocycles. The van der Waals surface area contributed by atoms with Gasteiger partial charge in [-0.2, -0.15) is 26.3 Å². The summed E-state index contributed by atoms with van der Waals surface area (Å²) < 4.78 is 72.8. The minimum absolute atomic E-state index is 0.0563. The highest BCUT2D eigenvalue weighted by Gasteiger charge is 2.33. The van der Waals surface area contributed by atoms with Crippen LogP contribution in [0.2, 0.25) is 5.28 Å². The van der Waals surface area contributed by atoms with Crippen molar-refractivity contribution in [3.05, 3.63) is 17.0 Å². The van der Waals surface area contributed by atoms with Gasteiger partial charge in [0.2, 0.25) is 5.28 Å². The van der Waals surface area contributed by atoms with E-state index in [4.69, 9.17) is 11.6 Å². The normalized spacial score (nSPS) is 12.6. The first kappa shape index (κ1) is 16.8. The molecular formula is C10H10ClF6N3. The highest BCUT2D eigenvalue weighted by atomic mass is 35.5. The van der Waals surface area contributed by atoms with Crippen LogP contribution >= 0.6 is 11.6 Å². The molecule has 1 N–H and O–H groups in total. The summed E-state index contributed by atoms with van der Waals surface area (Å²) in [4.78, 5) is 6.54. The van der Waals surface area contributed by atoms with E-state index >= 15 is 0 Å². The van der Waals surface area contributed by atoms with Crippen molar-refractivity contribution in [3.8, 4) is 0 Å². The van der Waals surface area contributed by atoms with Gasteiger partial charge >= 0.3 is 12.4 Å². The number of nitrogens with one attached hydrogen (secondary N) is 1. The molecule has 20 heavy (non-hydrogen) atoms. The zero-order chi connectivity index (χ0) is 15.4. The lowest BCUT2D eigenvalue weighted by Gasteiger charge is -2.10. The van der Waals surface area contributed by atoms with E-state index in [2.05, 4.69) is 15.3 Å². The molecule has 0 fully saturated rings. The topological polar surface area (TPSA) is 37.8 Å². The number of anilines is 1. The molecule has 0 atom stereocenters. The number of aromatic nitrogens is 2. The van der Waals surface area contributed by atoms with Gasteiger partial charge in [-0.25, -0.2) is 9.97 Å². The van der Waals surface area contributed by atoms with Gasteiger partial charge in [0.1, 0.15) is 5.82 Å². The Labute approximate surface area is 115 Å². The monoisotopic (exact) mass is 321 g/mol. The highest BCUT2D eigenvalue weighted by molar-refractivity contribution is 6.28. The van der Waals surface area contributed by atoms with E-state index in [0.29, 0.717) is 6.07 Å². The van der Waals surface area contributed by atoms with E-state index in [1.807, 2.05) is 0 Å². The van der Waals surface area contributed by atoms with Crippen molar-refractivity contribution in [1.82, 2.24) is 9.97 Å². The second-order valence-electron chi connectivity index (χ2n) is 3.90. The quantitative estimate of drug-likeness (QED) is 0.499. The van der Waals surface area contributed by atoms with Crippen molar-refractivity contribution in [2.75, 3.05) is 11.9 Å². The SMILES string of the molecule is FC(F)(F)CCCCNc1cc(C(F)(F)F)nc(Cl)n1. The zero-order valence-electron chi connectivity index (χ0n) is 9.95. The smallest absolute Gasteiger partial charge is 0.370 e. The van der Waals surface area contributed by atoms with Crippen molar-refractivity contribution >= 4 is 17.4 Å². The van der Waals surface area contributed by atoms with Gasteiger partial charge in [-0.1, -0.05) is 0 Å². The Bertz CT molecular complexity index is 446. The fourth-order valence-electron chi connectivity index (χ4n) is 1.32. The Morgan fingerprint density at radius 3 is 2.25 bits per heavy atom. The first-order valence-electron chi connectivity index (χ1n) is 5.50. The number of rotatable bonds is 5. The summed E-state index contributed by atoms with van der Waals surface area (Å²) in [6.45, 7) is 0.0563. The van der Waals surface area contributed by atoms with Crippen LogP contribution in [0.5, 0.6) is 0 Å². The maximum Gasteiger partial charge on any atom is 0.433 e. The van der Waals surface area contributed by atoms with Crippen molar-refractivity contribution in [1.29, 1.82) is 0 Å². The van der Waals surface area contributed by atoms with Crippen LogP contribution in [-0.2, 0) is 6.18 Å². The highest BCUT2D eigenvalue weighted by Crippen LogP contribution is 2.29. The molecule has 0 spiro atoms. The molecule has 0 bridgehead atoms. The lowest BCUT2D eigenvalue weighted by atomic mass is 10.2. The van der Waals surface area contributed by atoms with Crippen LogP contribution in [-0.4, -0.2) is 22.7 Å². The number of halogens is 7. The predicted octanol–water partition coefficient (Wildman–Crippen LogP) is 4.29. The molecule has 0 aliphatic heterocycles. The molecule has 0 aromatic carbocycles. The van der Waals surface area contributed by atoms with Gasteiger partial charge in [-0.3, -0.25) is 0 Å². The molecule has 0 aliphatic rings. The summed E-state index contributed by atoms with van der Waals surface area (Å²) in [6, 6.07) is 0.648. The largest absolute Gasteiger partial charge is 0.433 e. The Morgan fingerprint density at radius 2 is 1.70 bits per heavy atom. The minimum atomic E-state index is -4.67. The zero-order valence-corrected chi connectivity index (χ0v) is 10.7. The Morgan fingerprint density at radius 1 is 1.05 bits per heavy atom. The molecule has 0 unspecified atom stereocenters. The molecule has 10 heteroatoms. The average Bonchev–Trinajstić information content (AvgIpc) is 2.25. The van der Waals surface area contributed by atoms with Crippen molar-refractivity contribution in [2.24, 2.45) is 0 Å². The van der Waals surface area contributed by atoms with Crippen molar-refractivity contribution in [3.63, 3.8) is 0 Å². The van der Waals surface area contributed by atoms with E-state index < -0.39 is 29.8 Å². The van der Waals surface area contributed by atoms with Gasteiger partial charge in [0.05, 0.1) is 0 Å². The van der Waals surface area contributed by atoms with E-state index in [1.54, 1.807) is 0 Å². The molecule has 1 heterocycles. The minimum Gasteiger partial charge on any atom is -0.370 e. The van der Waals surface area contributed by atoms with Gasteiger partial charge in [0.25, 0.3) is 0 Å². The second-order valence-corrected chi connectivity index (χ2v) is 4.24. The lowest BCUT2D eigenvalue weighted by molar-refractivity contribution is -0.141. The van der Waals surface area contributed by atoms with Crippen LogP contribution in [0, 0.1) is 0 Å². The first-order chi connectivity index (χ1) is 9.08. The number of nitrogens with zero attached hydrogens (tertiary/aromatic N) is 2. The van der Waals surface area contributed by atoms with Crippen molar-refractivity contribution < 1.29 is 26.3 Å². The summed E-state index contributed by atoms with van der Waals surface area (Å²) >= 11 is 5.34. The molecule has 1 rings (SSSR count). The third kappa shape index (κ3) is 6.27. The van der Waals surface area contributed by atoms with Gasteiger partial charge < -0.3 is 5.32 Å². The maximum absolute atomic E-state index is 12.4. The number of hydrogen-bond donors (Lipinski definition) is 1. The van der Waals surface area contributed by atoms with E-state index in [-0.39, 0.29) is 25.2 Å². The molecular weight excluding hydrogens is 312 g/mol. The Balaban J connectivity index is 2.50. The predicted molar refractivity (Wildman–Crippen MR) is 60.4 cm³/mol. The fourth-order valence-corrected chi connectivity index (χ4v) is 1.50. The number of alkyl halides is 6. The van der Waals surface area contributed by atoms with Crippen LogP contribution in [0.15, 0.2) is 6.07 Å². The number of hydrogen-bond acceptors (Lipinski definition) is 3. The standard InChI is InChI=1S/C10H10ClF6N3/c11-8-19-6(10(15,16)17)5-7(20-8)18-4-2-1-3-9(12,13)14/h5H,1-4H2,(H,18,19,20). The fraction of sp³-hybridized carbons (Fsp3) is 0.600. The third-order valence-electron chi connectivity index (χ3n) is 2.18. The first-order valence-corrected chi connectivity index (χ1v) is 5.88. The summed E-state index contributed by atoms with van der Waals surface area (Å²) in [6.07, 6.45) is -9.82. The summed E-state index contributed by atoms with van der Waals surface area (Å²) in [5.74, 6) is -0.177. The number of unbranched alkanes of at least 4 members (excludes halogenated alkanes) is 1. The lowest BCUT2D eigenvalue weighted by Crippen LogP contribution is -2.12. The molecule has 1 aromatic rings. The van der Waals surface area contributed by atoms with E-state index in [9.17, 15) is 26.3 Å². The van der Waals surface area contributed by atoms with Gasteiger partial charge in [0.15, 0.2) is 5.69 Å². The van der Waals surface area contributed by atoms with Crippen LogP contribution in [0.1, 0.15) is 25.0 Å². The Kier molecular flexibility index (Phi) is 5.43. The van der Waals surface area contributed by atoms with Crippen LogP contribution in [0.3, 0.4) is 0 Å². The van der Waals surface area contributed by atoms with Gasteiger partial charge in [-0.15, -0.1) is 0 Å². The summed E-state index contributed by atoms with van der Waals surface area (Å²) in [5, 5.41) is 1.90. The van der Waals surface area contributed by atoms with Crippen LogP contribution < -0.4 is 5.32 Å². The summed E-state index contributed by atoms with van der Waals surface area (Å²) in [5.41, 5.74) is -1.21. The molecule has 1 aromatic heterocycles. The van der Waals surface area contributed by atoms with Crippen molar-refractivity contribution in [2.45, 2.75) is 31.6 Å². The van der Waals surface area contributed by atoms with E-state index in [1.165, 1.54) is 0 Å². The molecule has 0 aliphatic carbocycles. The maximum atomic E-state index is 12.4. The van der Waals surface area contributed by atoms with Gasteiger partial charge in [-0.05, 0) is 24.4 Å². The molecule has 3 nitrogen and oxygen atoms in total.